The van der Waals surface area contributed by atoms with Crippen molar-refractivity contribution in [3.63, 3.8) is 0 Å². The van der Waals surface area contributed by atoms with E-state index in [0.717, 1.165) is 6.42 Å². The first-order valence-corrected chi connectivity index (χ1v) is 2.86. The Morgan fingerprint density at radius 2 is 2.62 bits per heavy atom. The Morgan fingerprint density at radius 1 is 1.88 bits per heavy atom. The number of hydrogen-bond donors (Lipinski definition) is 0. The fourth-order valence-corrected chi connectivity index (χ4v) is 0.801. The van der Waals surface area contributed by atoms with E-state index in [-0.39, 0.29) is 11.2 Å². The number of aliphatic imine (C=N–C) groups is 1. The van der Waals surface area contributed by atoms with Gasteiger partial charge >= 0.3 is 0 Å². The first-order valence-electron chi connectivity index (χ1n) is 2.48. The SMILES string of the molecule is O=C(Cl)C1CC=NC1. The molecule has 1 atom stereocenters. The lowest BCUT2D eigenvalue weighted by atomic mass is 10.1. The molecule has 3 heteroatoms. The third-order valence-electron chi connectivity index (χ3n) is 1.17. The van der Waals surface area contributed by atoms with Gasteiger partial charge in [-0.25, -0.2) is 0 Å². The van der Waals surface area contributed by atoms with Gasteiger partial charge in [0.15, 0.2) is 0 Å². The van der Waals surface area contributed by atoms with Crippen LogP contribution in [0, 0.1) is 5.92 Å². The van der Waals surface area contributed by atoms with Gasteiger partial charge in [0.1, 0.15) is 0 Å². The molecule has 44 valence electrons. The van der Waals surface area contributed by atoms with Crippen LogP contribution in [0.4, 0.5) is 0 Å². The van der Waals surface area contributed by atoms with Crippen molar-refractivity contribution in [3.8, 4) is 0 Å². The molecule has 8 heavy (non-hydrogen) atoms. The topological polar surface area (TPSA) is 29.4 Å². The highest BCUT2D eigenvalue weighted by molar-refractivity contribution is 6.64. The Morgan fingerprint density at radius 3 is 2.88 bits per heavy atom. The summed E-state index contributed by atoms with van der Waals surface area (Å²) in [5.41, 5.74) is 0. The average molecular weight is 132 g/mol. The van der Waals surface area contributed by atoms with Crippen molar-refractivity contribution in [1.82, 2.24) is 0 Å². The van der Waals surface area contributed by atoms with E-state index in [9.17, 15) is 4.79 Å². The van der Waals surface area contributed by atoms with Crippen molar-refractivity contribution in [3.05, 3.63) is 0 Å². The van der Waals surface area contributed by atoms with E-state index in [2.05, 4.69) is 4.99 Å². The van der Waals surface area contributed by atoms with Crippen LogP contribution in [0.15, 0.2) is 4.99 Å². The zero-order valence-electron chi connectivity index (χ0n) is 4.30. The molecule has 0 spiro atoms. The molecule has 0 aromatic heterocycles. The maximum atomic E-state index is 10.3. The molecule has 0 radical (unpaired) electrons. The van der Waals surface area contributed by atoms with Gasteiger partial charge in [-0.2, -0.15) is 0 Å². The van der Waals surface area contributed by atoms with Crippen LogP contribution in [0.3, 0.4) is 0 Å². The zero-order chi connectivity index (χ0) is 5.98. The first kappa shape index (κ1) is 5.76. The van der Waals surface area contributed by atoms with Crippen LogP contribution >= 0.6 is 11.6 Å². The molecule has 0 aromatic rings. The van der Waals surface area contributed by atoms with Gasteiger partial charge in [0, 0.05) is 6.54 Å². The van der Waals surface area contributed by atoms with E-state index in [4.69, 9.17) is 11.6 Å². The van der Waals surface area contributed by atoms with Crippen molar-refractivity contribution in [2.45, 2.75) is 6.42 Å². The average Bonchev–Trinajstić information content (AvgIpc) is 2.12. The molecule has 0 saturated carbocycles. The molecule has 1 unspecified atom stereocenters. The molecular weight excluding hydrogens is 126 g/mol. The molecule has 2 nitrogen and oxygen atoms in total. The second-order valence-electron chi connectivity index (χ2n) is 1.78. The predicted molar refractivity (Wildman–Crippen MR) is 32.3 cm³/mol. The van der Waals surface area contributed by atoms with Crippen LogP contribution < -0.4 is 0 Å². The van der Waals surface area contributed by atoms with Crippen molar-refractivity contribution < 1.29 is 4.79 Å². The summed E-state index contributed by atoms with van der Waals surface area (Å²) in [4.78, 5) is 14.2. The van der Waals surface area contributed by atoms with E-state index in [1.807, 2.05) is 0 Å². The lowest BCUT2D eigenvalue weighted by molar-refractivity contribution is -0.114. The summed E-state index contributed by atoms with van der Waals surface area (Å²) in [6.45, 7) is 0.586. The highest BCUT2D eigenvalue weighted by Gasteiger charge is 2.17. The van der Waals surface area contributed by atoms with Crippen LogP contribution in [0.5, 0.6) is 0 Å². The van der Waals surface area contributed by atoms with Crippen molar-refractivity contribution >= 4 is 23.1 Å². The quantitative estimate of drug-likeness (QED) is 0.485. The highest BCUT2D eigenvalue weighted by atomic mass is 35.5. The lowest BCUT2D eigenvalue weighted by Crippen LogP contribution is -2.07. The van der Waals surface area contributed by atoms with Gasteiger partial charge in [0.2, 0.25) is 5.24 Å². The second kappa shape index (κ2) is 2.27. The Kier molecular flexibility index (Phi) is 1.63. The molecule has 1 heterocycles. The Hall–Kier alpha value is -0.370. The first-order chi connectivity index (χ1) is 3.80. The van der Waals surface area contributed by atoms with Crippen LogP contribution in [-0.4, -0.2) is 18.0 Å². The number of hydrogen-bond acceptors (Lipinski definition) is 2. The minimum Gasteiger partial charge on any atom is -0.297 e. The molecule has 0 amide bonds. The van der Waals surface area contributed by atoms with Gasteiger partial charge in [-0.05, 0) is 24.2 Å². The Bertz CT molecular complexity index is 124. The normalized spacial score (nSPS) is 26.4. The molecule has 1 aliphatic rings. The molecular formula is C5H6ClNO. The summed E-state index contributed by atoms with van der Waals surface area (Å²) in [5, 5.41) is -0.262. The Labute approximate surface area is 52.6 Å². The summed E-state index contributed by atoms with van der Waals surface area (Å²) >= 11 is 5.17. The fourth-order valence-electron chi connectivity index (χ4n) is 0.643. The van der Waals surface area contributed by atoms with Crippen LogP contribution in [0.2, 0.25) is 0 Å². The molecule has 0 aromatic carbocycles. The largest absolute Gasteiger partial charge is 0.297 e. The zero-order valence-corrected chi connectivity index (χ0v) is 5.06. The smallest absolute Gasteiger partial charge is 0.226 e. The number of carbonyl (C=O) groups is 1. The van der Waals surface area contributed by atoms with E-state index >= 15 is 0 Å². The number of halogens is 1. The van der Waals surface area contributed by atoms with Gasteiger partial charge in [-0.15, -0.1) is 0 Å². The fraction of sp³-hybridized carbons (Fsp3) is 0.600. The van der Waals surface area contributed by atoms with Crippen LogP contribution in [0.25, 0.3) is 0 Å². The van der Waals surface area contributed by atoms with Gasteiger partial charge in [-0.3, -0.25) is 9.79 Å². The summed E-state index contributed by atoms with van der Waals surface area (Å²) in [6.07, 6.45) is 2.47. The van der Waals surface area contributed by atoms with E-state index in [0.29, 0.717) is 6.54 Å². The third kappa shape index (κ3) is 1.07. The summed E-state index contributed by atoms with van der Waals surface area (Å²) in [6, 6.07) is 0. The van der Waals surface area contributed by atoms with Crippen molar-refractivity contribution in [2.75, 3.05) is 6.54 Å². The van der Waals surface area contributed by atoms with Crippen molar-refractivity contribution in [1.29, 1.82) is 0 Å². The maximum absolute atomic E-state index is 10.3. The summed E-state index contributed by atoms with van der Waals surface area (Å²) in [5.74, 6) is -0.0309. The van der Waals surface area contributed by atoms with Crippen LogP contribution in [-0.2, 0) is 4.79 Å². The minimum absolute atomic E-state index is 0.0309. The molecule has 1 aliphatic heterocycles. The second-order valence-corrected chi connectivity index (χ2v) is 2.16. The lowest BCUT2D eigenvalue weighted by Gasteiger charge is -1.95. The van der Waals surface area contributed by atoms with E-state index in [1.54, 1.807) is 6.21 Å². The number of carbonyl (C=O) groups excluding carboxylic acids is 1. The van der Waals surface area contributed by atoms with Gasteiger partial charge in [0.25, 0.3) is 0 Å². The molecule has 0 aliphatic carbocycles. The van der Waals surface area contributed by atoms with Gasteiger partial charge < -0.3 is 0 Å². The predicted octanol–water partition coefficient (Wildman–Crippen LogP) is 0.843. The Balaban J connectivity index is 2.41. The molecule has 0 fully saturated rings. The van der Waals surface area contributed by atoms with Gasteiger partial charge in [0.05, 0.1) is 5.92 Å². The van der Waals surface area contributed by atoms with Crippen LogP contribution in [0.1, 0.15) is 6.42 Å². The molecule has 0 bridgehead atoms. The molecule has 0 N–H and O–H groups in total. The maximum Gasteiger partial charge on any atom is 0.226 e. The monoisotopic (exact) mass is 131 g/mol. The van der Waals surface area contributed by atoms with E-state index in [1.165, 1.54) is 0 Å². The minimum atomic E-state index is -0.262. The standard InChI is InChI=1S/C5H6ClNO/c6-5(8)4-1-2-7-3-4/h2,4H,1,3H2. The number of nitrogens with zero attached hydrogens (tertiary/aromatic N) is 1. The third-order valence-corrected chi connectivity index (χ3v) is 1.47. The summed E-state index contributed by atoms with van der Waals surface area (Å²) < 4.78 is 0. The number of rotatable bonds is 1. The molecule has 1 rings (SSSR count). The van der Waals surface area contributed by atoms with Gasteiger partial charge in [-0.1, -0.05) is 0 Å². The highest BCUT2D eigenvalue weighted by Crippen LogP contribution is 2.10. The molecule has 0 saturated heterocycles. The summed E-state index contributed by atoms with van der Waals surface area (Å²) in [7, 11) is 0. The van der Waals surface area contributed by atoms with Crippen molar-refractivity contribution in [2.24, 2.45) is 10.9 Å². The van der Waals surface area contributed by atoms with E-state index < -0.39 is 0 Å².